The number of hydrogen-bond acceptors (Lipinski definition) is 1. The molecule has 0 radical (unpaired) electrons. The Morgan fingerprint density at radius 3 is 2.58 bits per heavy atom. The Labute approximate surface area is 74.8 Å². The molecule has 0 aromatic heterocycles. The van der Waals surface area contributed by atoms with Crippen LogP contribution in [0.15, 0.2) is 18.2 Å². The van der Waals surface area contributed by atoms with Crippen LogP contribution in [-0.4, -0.2) is 7.05 Å². The lowest BCUT2D eigenvalue weighted by atomic mass is 10.1. The summed E-state index contributed by atoms with van der Waals surface area (Å²) >= 11 is 0. The van der Waals surface area contributed by atoms with Gasteiger partial charge in [0.25, 0.3) is 0 Å². The smallest absolute Gasteiger partial charge is 0.0367 e. The predicted molar refractivity (Wildman–Crippen MR) is 54.7 cm³/mol. The van der Waals surface area contributed by atoms with Crippen molar-refractivity contribution >= 4 is 5.69 Å². The van der Waals surface area contributed by atoms with Gasteiger partial charge in [-0.25, -0.2) is 0 Å². The zero-order chi connectivity index (χ0) is 8.97. The van der Waals surface area contributed by atoms with Gasteiger partial charge in [0.05, 0.1) is 0 Å². The summed E-state index contributed by atoms with van der Waals surface area (Å²) in [6.45, 7) is 4.35. The molecule has 1 heteroatoms. The van der Waals surface area contributed by atoms with E-state index < -0.39 is 0 Å². The maximum atomic E-state index is 3.16. The lowest BCUT2D eigenvalue weighted by Crippen LogP contribution is -1.93. The van der Waals surface area contributed by atoms with E-state index in [9.17, 15) is 0 Å². The van der Waals surface area contributed by atoms with Gasteiger partial charge < -0.3 is 5.32 Å². The van der Waals surface area contributed by atoms with Crippen LogP contribution in [0.2, 0.25) is 0 Å². The minimum absolute atomic E-state index is 1.19. The van der Waals surface area contributed by atoms with Crippen molar-refractivity contribution < 1.29 is 0 Å². The molecule has 0 saturated carbocycles. The first-order chi connectivity index (χ1) is 5.77. The summed E-state index contributed by atoms with van der Waals surface area (Å²) in [6, 6.07) is 6.61. The molecule has 0 bridgehead atoms. The van der Waals surface area contributed by atoms with E-state index >= 15 is 0 Å². The third kappa shape index (κ3) is 2.00. The van der Waals surface area contributed by atoms with E-state index in [0.29, 0.717) is 0 Å². The average molecular weight is 163 g/mol. The van der Waals surface area contributed by atoms with Crippen LogP contribution < -0.4 is 5.32 Å². The topological polar surface area (TPSA) is 12.0 Å². The minimum atomic E-state index is 1.19. The summed E-state index contributed by atoms with van der Waals surface area (Å²) in [5, 5.41) is 3.16. The van der Waals surface area contributed by atoms with Gasteiger partial charge >= 0.3 is 0 Å². The van der Waals surface area contributed by atoms with Crippen LogP contribution in [0.4, 0.5) is 5.69 Å². The van der Waals surface area contributed by atoms with Crippen molar-refractivity contribution in [3.8, 4) is 0 Å². The molecule has 0 spiro atoms. The molecular weight excluding hydrogens is 146 g/mol. The molecule has 0 fully saturated rings. The molecule has 0 aliphatic rings. The second-order valence-corrected chi connectivity index (χ2v) is 3.15. The first-order valence-corrected chi connectivity index (χ1v) is 4.55. The highest BCUT2D eigenvalue weighted by Gasteiger charge is 1.96. The van der Waals surface area contributed by atoms with Gasteiger partial charge in [0.15, 0.2) is 0 Å². The molecule has 0 aliphatic carbocycles. The van der Waals surface area contributed by atoms with E-state index in [1.807, 2.05) is 7.05 Å². The maximum Gasteiger partial charge on any atom is 0.0367 e. The summed E-state index contributed by atoms with van der Waals surface area (Å²) in [5.74, 6) is 0. The van der Waals surface area contributed by atoms with Crippen LogP contribution >= 0.6 is 0 Å². The Balaban J connectivity index is 2.86. The van der Waals surface area contributed by atoms with Crippen molar-refractivity contribution in [2.75, 3.05) is 12.4 Å². The average Bonchev–Trinajstić information content (AvgIpc) is 2.05. The van der Waals surface area contributed by atoms with Crippen molar-refractivity contribution in [1.29, 1.82) is 0 Å². The first kappa shape index (κ1) is 9.11. The van der Waals surface area contributed by atoms with Crippen molar-refractivity contribution in [1.82, 2.24) is 0 Å². The highest BCUT2D eigenvalue weighted by molar-refractivity contribution is 5.51. The predicted octanol–water partition coefficient (Wildman–Crippen LogP) is 2.99. The van der Waals surface area contributed by atoms with Crippen LogP contribution in [0.25, 0.3) is 0 Å². The molecule has 0 saturated heterocycles. The highest BCUT2D eigenvalue weighted by Crippen LogP contribution is 2.16. The van der Waals surface area contributed by atoms with Gasteiger partial charge in [-0.15, -0.1) is 0 Å². The zero-order valence-corrected chi connectivity index (χ0v) is 8.15. The first-order valence-electron chi connectivity index (χ1n) is 4.55. The fourth-order valence-electron chi connectivity index (χ4n) is 1.45. The quantitative estimate of drug-likeness (QED) is 0.722. The van der Waals surface area contributed by atoms with Crippen LogP contribution in [-0.2, 0) is 6.42 Å². The van der Waals surface area contributed by atoms with Gasteiger partial charge in [0.1, 0.15) is 0 Å². The number of nitrogens with one attached hydrogen (secondary N) is 1. The van der Waals surface area contributed by atoms with Crippen LogP contribution in [0.1, 0.15) is 24.5 Å². The third-order valence-corrected chi connectivity index (χ3v) is 2.10. The lowest BCUT2D eigenvalue weighted by Gasteiger charge is -2.06. The van der Waals surface area contributed by atoms with E-state index in [-0.39, 0.29) is 0 Å². The Morgan fingerprint density at radius 1 is 1.33 bits per heavy atom. The highest BCUT2D eigenvalue weighted by atomic mass is 14.8. The Morgan fingerprint density at radius 2 is 2.08 bits per heavy atom. The minimum Gasteiger partial charge on any atom is -0.388 e. The zero-order valence-electron chi connectivity index (χ0n) is 8.15. The largest absolute Gasteiger partial charge is 0.388 e. The molecule has 1 N–H and O–H groups in total. The summed E-state index contributed by atoms with van der Waals surface area (Å²) in [5.41, 5.74) is 4.01. The van der Waals surface area contributed by atoms with Gasteiger partial charge in [-0.3, -0.25) is 0 Å². The SMILES string of the molecule is CCCc1ccc(NC)c(C)c1. The van der Waals surface area contributed by atoms with Gasteiger partial charge in [-0.05, 0) is 30.5 Å². The fraction of sp³-hybridized carbons (Fsp3) is 0.455. The van der Waals surface area contributed by atoms with Gasteiger partial charge in [0, 0.05) is 12.7 Å². The number of anilines is 1. The molecule has 0 heterocycles. The molecule has 1 aromatic carbocycles. The van der Waals surface area contributed by atoms with Crippen LogP contribution in [0, 0.1) is 6.92 Å². The molecular formula is C11H17N. The van der Waals surface area contributed by atoms with Crippen LogP contribution in [0.5, 0.6) is 0 Å². The van der Waals surface area contributed by atoms with Gasteiger partial charge in [-0.2, -0.15) is 0 Å². The Hall–Kier alpha value is -0.980. The monoisotopic (exact) mass is 163 g/mol. The molecule has 1 aromatic rings. The molecule has 0 amide bonds. The number of aryl methyl sites for hydroxylation is 2. The van der Waals surface area contributed by atoms with Crippen molar-refractivity contribution in [3.63, 3.8) is 0 Å². The summed E-state index contributed by atoms with van der Waals surface area (Å²) in [7, 11) is 1.96. The van der Waals surface area contributed by atoms with E-state index in [0.717, 1.165) is 0 Å². The second kappa shape index (κ2) is 4.15. The summed E-state index contributed by atoms with van der Waals surface area (Å²) < 4.78 is 0. The van der Waals surface area contributed by atoms with E-state index in [2.05, 4.69) is 37.4 Å². The van der Waals surface area contributed by atoms with Crippen molar-refractivity contribution in [3.05, 3.63) is 29.3 Å². The summed E-state index contributed by atoms with van der Waals surface area (Å²) in [4.78, 5) is 0. The van der Waals surface area contributed by atoms with Crippen molar-refractivity contribution in [2.24, 2.45) is 0 Å². The molecule has 1 nitrogen and oxygen atoms in total. The number of benzene rings is 1. The molecule has 12 heavy (non-hydrogen) atoms. The lowest BCUT2D eigenvalue weighted by molar-refractivity contribution is 0.920. The number of hydrogen-bond donors (Lipinski definition) is 1. The second-order valence-electron chi connectivity index (χ2n) is 3.15. The number of rotatable bonds is 3. The molecule has 1 rings (SSSR count). The molecule has 0 atom stereocenters. The Kier molecular flexibility index (Phi) is 3.15. The van der Waals surface area contributed by atoms with E-state index in [1.54, 1.807) is 0 Å². The molecule has 0 aliphatic heterocycles. The molecule has 0 unspecified atom stereocenters. The Bertz CT molecular complexity index is 253. The molecule has 66 valence electrons. The van der Waals surface area contributed by atoms with Gasteiger partial charge in [-0.1, -0.05) is 25.5 Å². The van der Waals surface area contributed by atoms with Crippen LogP contribution in [0.3, 0.4) is 0 Å². The maximum absolute atomic E-state index is 3.16. The van der Waals surface area contributed by atoms with E-state index in [4.69, 9.17) is 0 Å². The standard InChI is InChI=1S/C11H17N/c1-4-5-10-6-7-11(12-3)9(2)8-10/h6-8,12H,4-5H2,1-3H3. The summed E-state index contributed by atoms with van der Waals surface area (Å²) in [6.07, 6.45) is 2.41. The fourth-order valence-corrected chi connectivity index (χ4v) is 1.45. The third-order valence-electron chi connectivity index (χ3n) is 2.10. The van der Waals surface area contributed by atoms with Gasteiger partial charge in [0.2, 0.25) is 0 Å². The van der Waals surface area contributed by atoms with Crippen molar-refractivity contribution in [2.45, 2.75) is 26.7 Å². The normalized spacial score (nSPS) is 9.92. The van der Waals surface area contributed by atoms with E-state index in [1.165, 1.54) is 29.7 Å².